The molecule has 0 saturated carbocycles. The molecule has 0 radical (unpaired) electrons. The van der Waals surface area contributed by atoms with E-state index in [1.54, 1.807) is 4.90 Å². The summed E-state index contributed by atoms with van der Waals surface area (Å²) in [6, 6.07) is 0.258. The van der Waals surface area contributed by atoms with E-state index in [1.807, 2.05) is 13.8 Å². The van der Waals surface area contributed by atoms with Crippen LogP contribution in [0.5, 0.6) is 0 Å². The van der Waals surface area contributed by atoms with Crippen LogP contribution in [-0.2, 0) is 9.59 Å². The molecule has 1 heterocycles. The maximum absolute atomic E-state index is 12.2. The Balaban J connectivity index is 2.48. The van der Waals surface area contributed by atoms with Gasteiger partial charge in [0.2, 0.25) is 11.8 Å². The number of nitrogens with one attached hydrogen (secondary N) is 1. The lowest BCUT2D eigenvalue weighted by atomic mass is 10.0. The molecule has 1 aliphatic rings. The minimum Gasteiger partial charge on any atom is -0.368 e. The lowest BCUT2D eigenvalue weighted by molar-refractivity contribution is -0.136. The van der Waals surface area contributed by atoms with Crippen molar-refractivity contribution in [1.82, 2.24) is 10.2 Å². The smallest absolute Gasteiger partial charge is 0.237 e. The summed E-state index contributed by atoms with van der Waals surface area (Å²) in [5.41, 5.74) is 5.19. The minimum absolute atomic E-state index is 0.0295. The molecular formula is C13H25N3O2. The molecule has 0 aromatic rings. The Hall–Kier alpha value is -1.10. The summed E-state index contributed by atoms with van der Waals surface area (Å²) in [5.74, 6) is -0.0740. The Morgan fingerprint density at radius 2 is 2.11 bits per heavy atom. The van der Waals surface area contributed by atoms with Crippen molar-refractivity contribution in [1.29, 1.82) is 0 Å². The molecule has 0 aliphatic carbocycles. The van der Waals surface area contributed by atoms with Gasteiger partial charge in [-0.25, -0.2) is 0 Å². The summed E-state index contributed by atoms with van der Waals surface area (Å²) in [6.45, 7) is 5.66. The van der Waals surface area contributed by atoms with Gasteiger partial charge in [-0.2, -0.15) is 0 Å². The van der Waals surface area contributed by atoms with Gasteiger partial charge in [0.15, 0.2) is 0 Å². The van der Waals surface area contributed by atoms with Gasteiger partial charge in [-0.1, -0.05) is 20.3 Å². The van der Waals surface area contributed by atoms with E-state index < -0.39 is 5.91 Å². The standard InChI is InChI=1S/C13H25N3O2/c1-10(2)8-16(9-12(14)17)13(18)7-11-5-3-4-6-15-11/h10-11,15H,3-9H2,1-2H3,(H2,14,17). The molecule has 1 unspecified atom stereocenters. The highest BCUT2D eigenvalue weighted by molar-refractivity contribution is 5.84. The molecule has 1 saturated heterocycles. The molecule has 0 spiro atoms. The zero-order chi connectivity index (χ0) is 13.5. The summed E-state index contributed by atoms with van der Waals surface area (Å²) in [5, 5.41) is 3.35. The van der Waals surface area contributed by atoms with Crippen LogP contribution in [0.1, 0.15) is 39.5 Å². The second-order valence-corrected chi connectivity index (χ2v) is 5.49. The maximum Gasteiger partial charge on any atom is 0.237 e. The van der Waals surface area contributed by atoms with Gasteiger partial charge in [0.1, 0.15) is 0 Å². The lowest BCUT2D eigenvalue weighted by Crippen LogP contribution is -2.44. The first-order valence-electron chi connectivity index (χ1n) is 6.78. The van der Waals surface area contributed by atoms with E-state index in [1.165, 1.54) is 12.8 Å². The van der Waals surface area contributed by atoms with E-state index in [2.05, 4.69) is 5.32 Å². The highest BCUT2D eigenvalue weighted by atomic mass is 16.2. The van der Waals surface area contributed by atoms with Crippen molar-refractivity contribution in [2.45, 2.75) is 45.6 Å². The zero-order valence-electron chi connectivity index (χ0n) is 11.4. The van der Waals surface area contributed by atoms with Gasteiger partial charge in [-0.3, -0.25) is 9.59 Å². The van der Waals surface area contributed by atoms with Crippen LogP contribution in [0.15, 0.2) is 0 Å². The average molecular weight is 255 g/mol. The number of nitrogens with two attached hydrogens (primary N) is 1. The topological polar surface area (TPSA) is 75.4 Å². The average Bonchev–Trinajstić information content (AvgIpc) is 2.28. The molecular weight excluding hydrogens is 230 g/mol. The third-order valence-electron chi connectivity index (χ3n) is 3.12. The summed E-state index contributed by atoms with van der Waals surface area (Å²) >= 11 is 0. The number of hydrogen-bond donors (Lipinski definition) is 2. The summed E-state index contributed by atoms with van der Waals surface area (Å²) < 4.78 is 0. The van der Waals surface area contributed by atoms with Gasteiger partial charge < -0.3 is 16.0 Å². The van der Waals surface area contributed by atoms with Gasteiger partial charge in [-0.05, 0) is 25.3 Å². The summed E-state index contributed by atoms with van der Waals surface area (Å²) in [4.78, 5) is 24.7. The fraction of sp³-hybridized carbons (Fsp3) is 0.846. The van der Waals surface area contributed by atoms with E-state index in [-0.39, 0.29) is 18.5 Å². The Morgan fingerprint density at radius 1 is 1.39 bits per heavy atom. The number of piperidine rings is 1. The largest absolute Gasteiger partial charge is 0.368 e. The molecule has 2 amide bonds. The predicted octanol–water partition coefficient (Wildman–Crippen LogP) is 0.489. The van der Waals surface area contributed by atoms with Crippen molar-refractivity contribution in [3.63, 3.8) is 0 Å². The number of amides is 2. The SMILES string of the molecule is CC(C)CN(CC(N)=O)C(=O)CC1CCCCN1. The predicted molar refractivity (Wildman–Crippen MR) is 70.9 cm³/mol. The molecule has 1 atom stereocenters. The van der Waals surface area contributed by atoms with E-state index in [4.69, 9.17) is 5.73 Å². The number of carbonyl (C=O) groups excluding carboxylic acids is 2. The fourth-order valence-corrected chi connectivity index (χ4v) is 2.32. The highest BCUT2D eigenvalue weighted by Crippen LogP contribution is 2.12. The van der Waals surface area contributed by atoms with Crippen molar-refractivity contribution in [3.05, 3.63) is 0 Å². The van der Waals surface area contributed by atoms with Crippen LogP contribution in [0.4, 0.5) is 0 Å². The summed E-state index contributed by atoms with van der Waals surface area (Å²) in [7, 11) is 0. The maximum atomic E-state index is 12.2. The molecule has 0 bridgehead atoms. The highest BCUT2D eigenvalue weighted by Gasteiger charge is 2.22. The van der Waals surface area contributed by atoms with Crippen LogP contribution in [0.3, 0.4) is 0 Å². The van der Waals surface area contributed by atoms with Crippen LogP contribution >= 0.6 is 0 Å². The molecule has 1 fully saturated rings. The molecule has 18 heavy (non-hydrogen) atoms. The number of nitrogens with zero attached hydrogens (tertiary/aromatic N) is 1. The van der Waals surface area contributed by atoms with Gasteiger partial charge >= 0.3 is 0 Å². The third-order valence-corrected chi connectivity index (χ3v) is 3.12. The molecule has 104 valence electrons. The van der Waals surface area contributed by atoms with Gasteiger partial charge in [0.05, 0.1) is 6.54 Å². The van der Waals surface area contributed by atoms with Crippen molar-refractivity contribution in [2.24, 2.45) is 11.7 Å². The minimum atomic E-state index is -0.444. The van der Waals surface area contributed by atoms with Crippen molar-refractivity contribution >= 4 is 11.8 Å². The number of carbonyl (C=O) groups is 2. The first-order valence-corrected chi connectivity index (χ1v) is 6.78. The number of hydrogen-bond acceptors (Lipinski definition) is 3. The first kappa shape index (κ1) is 15.0. The Bertz CT molecular complexity index is 286. The van der Waals surface area contributed by atoms with Gasteiger partial charge in [-0.15, -0.1) is 0 Å². The normalized spacial score (nSPS) is 19.8. The van der Waals surface area contributed by atoms with Crippen LogP contribution in [0.25, 0.3) is 0 Å². The Morgan fingerprint density at radius 3 is 2.61 bits per heavy atom. The van der Waals surface area contributed by atoms with Crippen molar-refractivity contribution < 1.29 is 9.59 Å². The molecule has 0 aromatic carbocycles. The van der Waals surface area contributed by atoms with E-state index >= 15 is 0 Å². The molecule has 5 heteroatoms. The molecule has 0 aromatic heterocycles. The monoisotopic (exact) mass is 255 g/mol. The Kier molecular flexibility index (Phi) is 6.12. The lowest BCUT2D eigenvalue weighted by Gasteiger charge is -2.28. The first-order chi connectivity index (χ1) is 8.49. The van der Waals surface area contributed by atoms with Crippen molar-refractivity contribution in [3.8, 4) is 0 Å². The van der Waals surface area contributed by atoms with Crippen LogP contribution < -0.4 is 11.1 Å². The zero-order valence-corrected chi connectivity index (χ0v) is 11.4. The second-order valence-electron chi connectivity index (χ2n) is 5.49. The third kappa shape index (κ3) is 5.49. The number of primary amides is 1. The van der Waals surface area contributed by atoms with Crippen molar-refractivity contribution in [2.75, 3.05) is 19.6 Å². The van der Waals surface area contributed by atoms with E-state index in [0.717, 1.165) is 13.0 Å². The van der Waals surface area contributed by atoms with E-state index in [0.29, 0.717) is 18.9 Å². The quantitative estimate of drug-likeness (QED) is 0.725. The van der Waals surface area contributed by atoms with Gasteiger partial charge in [0.25, 0.3) is 0 Å². The summed E-state index contributed by atoms with van der Waals surface area (Å²) in [6.07, 6.45) is 3.87. The van der Waals surface area contributed by atoms with Crippen LogP contribution in [0.2, 0.25) is 0 Å². The Labute approximate surface area is 109 Å². The van der Waals surface area contributed by atoms with Crippen LogP contribution in [0, 0.1) is 5.92 Å². The van der Waals surface area contributed by atoms with Gasteiger partial charge in [0, 0.05) is 19.0 Å². The van der Waals surface area contributed by atoms with E-state index in [9.17, 15) is 9.59 Å². The molecule has 1 rings (SSSR count). The molecule has 5 nitrogen and oxygen atoms in total. The molecule has 1 aliphatic heterocycles. The second kappa shape index (κ2) is 7.36. The molecule has 3 N–H and O–H groups in total. The van der Waals surface area contributed by atoms with Crippen LogP contribution in [-0.4, -0.2) is 42.4 Å². The fourth-order valence-electron chi connectivity index (χ4n) is 2.32. The number of rotatable bonds is 6.